The van der Waals surface area contributed by atoms with Crippen LogP contribution in [0.25, 0.3) is 0 Å². The summed E-state index contributed by atoms with van der Waals surface area (Å²) in [6.45, 7) is 9.72. The van der Waals surface area contributed by atoms with Crippen molar-refractivity contribution in [2.75, 3.05) is 40.4 Å². The molecule has 182 valence electrons. The van der Waals surface area contributed by atoms with E-state index in [0.717, 1.165) is 13.0 Å². The fourth-order valence-electron chi connectivity index (χ4n) is 3.34. The van der Waals surface area contributed by atoms with Crippen molar-refractivity contribution >= 4 is 36.0 Å². The lowest BCUT2D eigenvalue weighted by molar-refractivity contribution is 0.0507. The number of methoxy groups -OCH3 is 2. The number of rotatable bonds is 7. The van der Waals surface area contributed by atoms with Gasteiger partial charge in [0, 0.05) is 25.2 Å². The fourth-order valence-corrected chi connectivity index (χ4v) is 3.34. The van der Waals surface area contributed by atoms with E-state index in [2.05, 4.69) is 20.5 Å². The van der Waals surface area contributed by atoms with Gasteiger partial charge in [-0.1, -0.05) is 0 Å². The Morgan fingerprint density at radius 1 is 1.31 bits per heavy atom. The molecule has 1 heterocycles. The van der Waals surface area contributed by atoms with E-state index in [4.69, 9.17) is 14.2 Å². The molecule has 1 aromatic carbocycles. The Balaban J connectivity index is 0.00000512. The highest BCUT2D eigenvalue weighted by Crippen LogP contribution is 2.29. The van der Waals surface area contributed by atoms with E-state index >= 15 is 0 Å². The van der Waals surface area contributed by atoms with Crippen LogP contribution in [-0.4, -0.2) is 74.1 Å². The Morgan fingerprint density at radius 2 is 2.03 bits per heavy atom. The summed E-state index contributed by atoms with van der Waals surface area (Å²) in [6, 6.07) is 5.27. The smallest absolute Gasteiger partial charge is 0.407 e. The molecule has 32 heavy (non-hydrogen) atoms. The van der Waals surface area contributed by atoms with Crippen molar-refractivity contribution in [3.8, 4) is 11.5 Å². The number of carbonyl (C=O) groups is 1. The minimum atomic E-state index is -0.850. The largest absolute Gasteiger partial charge is 0.497 e. The number of amides is 1. The first-order chi connectivity index (χ1) is 14.7. The number of halogens is 1. The van der Waals surface area contributed by atoms with Crippen molar-refractivity contribution in [1.82, 2.24) is 15.5 Å². The molecule has 1 amide bonds. The molecule has 1 aromatic rings. The maximum atomic E-state index is 12.0. The maximum Gasteiger partial charge on any atom is 0.407 e. The first kappa shape index (κ1) is 28.1. The number of aliphatic hydroxyl groups excluding tert-OH is 1. The van der Waals surface area contributed by atoms with Crippen LogP contribution in [0.5, 0.6) is 11.5 Å². The Morgan fingerprint density at radius 3 is 2.62 bits per heavy atom. The predicted octanol–water partition coefficient (Wildman–Crippen LogP) is 2.92. The van der Waals surface area contributed by atoms with Gasteiger partial charge in [0.05, 0.1) is 26.8 Å². The number of alkyl carbamates (subject to hydrolysis) is 1. The summed E-state index contributed by atoms with van der Waals surface area (Å²) in [7, 11) is 3.14. The van der Waals surface area contributed by atoms with Gasteiger partial charge in [0.15, 0.2) is 5.96 Å². The average Bonchev–Trinajstić information content (AvgIpc) is 3.16. The first-order valence-electron chi connectivity index (χ1n) is 10.6. The summed E-state index contributed by atoms with van der Waals surface area (Å²) in [4.78, 5) is 18.7. The standard InChI is InChI=1S/C22H36N4O5.HI/c1-7-23-20(26-11-10-15(14-26)25-21(28)31-22(2,3)4)24-13-18(27)17-12-16(29-5)8-9-19(17)30-6;/h8-9,12,15,18,27H,7,10-11,13-14H2,1-6H3,(H,23,24)(H,25,28);1H. The fraction of sp³-hybridized carbons (Fsp3) is 0.636. The van der Waals surface area contributed by atoms with Crippen LogP contribution in [0.3, 0.4) is 0 Å². The van der Waals surface area contributed by atoms with Crippen LogP contribution >= 0.6 is 24.0 Å². The van der Waals surface area contributed by atoms with Gasteiger partial charge in [0.2, 0.25) is 0 Å². The van der Waals surface area contributed by atoms with Gasteiger partial charge in [-0.05, 0) is 52.3 Å². The number of hydrogen-bond acceptors (Lipinski definition) is 6. The Labute approximate surface area is 207 Å². The first-order valence-corrected chi connectivity index (χ1v) is 10.6. The number of aliphatic hydroxyl groups is 1. The normalized spacial score (nSPS) is 17.3. The molecule has 1 fully saturated rings. The minimum Gasteiger partial charge on any atom is -0.497 e. The van der Waals surface area contributed by atoms with E-state index in [0.29, 0.717) is 36.1 Å². The van der Waals surface area contributed by atoms with Gasteiger partial charge >= 0.3 is 6.09 Å². The van der Waals surface area contributed by atoms with E-state index in [-0.39, 0.29) is 36.6 Å². The van der Waals surface area contributed by atoms with E-state index in [1.54, 1.807) is 32.4 Å². The van der Waals surface area contributed by atoms with Crippen molar-refractivity contribution in [2.24, 2.45) is 4.99 Å². The van der Waals surface area contributed by atoms with Crippen molar-refractivity contribution in [1.29, 1.82) is 0 Å². The lowest BCUT2D eigenvalue weighted by Crippen LogP contribution is -2.44. The number of aliphatic imine (C=N–C) groups is 1. The molecule has 10 heteroatoms. The molecule has 2 atom stereocenters. The summed E-state index contributed by atoms with van der Waals surface area (Å²) >= 11 is 0. The molecule has 2 unspecified atom stereocenters. The highest BCUT2D eigenvalue weighted by atomic mass is 127. The Kier molecular flexibility index (Phi) is 11.3. The zero-order chi connectivity index (χ0) is 23.0. The Bertz CT molecular complexity index is 769. The highest BCUT2D eigenvalue weighted by molar-refractivity contribution is 14.0. The molecular weight excluding hydrogens is 527 g/mol. The van der Waals surface area contributed by atoms with Gasteiger partial charge in [0.1, 0.15) is 23.2 Å². The predicted molar refractivity (Wildman–Crippen MR) is 135 cm³/mol. The summed E-state index contributed by atoms with van der Waals surface area (Å²) in [5.41, 5.74) is 0.0862. The van der Waals surface area contributed by atoms with Crippen LogP contribution in [-0.2, 0) is 4.74 Å². The van der Waals surface area contributed by atoms with E-state index in [9.17, 15) is 9.90 Å². The van der Waals surface area contributed by atoms with Crippen LogP contribution in [0.15, 0.2) is 23.2 Å². The second kappa shape index (κ2) is 12.9. The third kappa shape index (κ3) is 8.53. The molecule has 1 aliphatic heterocycles. The van der Waals surface area contributed by atoms with Gasteiger partial charge in [0.25, 0.3) is 0 Å². The zero-order valence-electron chi connectivity index (χ0n) is 19.8. The molecule has 0 radical (unpaired) electrons. The molecule has 1 saturated heterocycles. The molecule has 0 aromatic heterocycles. The summed E-state index contributed by atoms with van der Waals surface area (Å²) in [5, 5.41) is 16.9. The summed E-state index contributed by atoms with van der Waals surface area (Å²) < 4.78 is 16.0. The van der Waals surface area contributed by atoms with Gasteiger partial charge in [-0.15, -0.1) is 24.0 Å². The lowest BCUT2D eigenvalue weighted by atomic mass is 10.1. The maximum absolute atomic E-state index is 12.0. The molecule has 0 aliphatic carbocycles. The molecule has 1 aliphatic rings. The van der Waals surface area contributed by atoms with Crippen LogP contribution in [0.2, 0.25) is 0 Å². The minimum absolute atomic E-state index is 0. The molecule has 9 nitrogen and oxygen atoms in total. The van der Waals surface area contributed by atoms with Gasteiger partial charge in [-0.2, -0.15) is 0 Å². The molecule has 2 rings (SSSR count). The summed E-state index contributed by atoms with van der Waals surface area (Å²) in [5.74, 6) is 1.91. The number of nitrogens with zero attached hydrogens (tertiary/aromatic N) is 2. The number of likely N-dealkylation sites (tertiary alicyclic amines) is 1. The molecule has 0 spiro atoms. The van der Waals surface area contributed by atoms with Crippen molar-refractivity contribution in [3.05, 3.63) is 23.8 Å². The molecular formula is C22H37IN4O5. The number of nitrogens with one attached hydrogen (secondary N) is 2. The van der Waals surface area contributed by atoms with E-state index < -0.39 is 17.8 Å². The van der Waals surface area contributed by atoms with Crippen LogP contribution in [0.4, 0.5) is 4.79 Å². The lowest BCUT2D eigenvalue weighted by Gasteiger charge is -2.24. The number of hydrogen-bond donors (Lipinski definition) is 3. The SMILES string of the molecule is CCNC(=NCC(O)c1cc(OC)ccc1OC)N1CCC(NC(=O)OC(C)(C)C)C1.I. The second-order valence-electron chi connectivity index (χ2n) is 8.40. The van der Waals surface area contributed by atoms with Gasteiger partial charge in [-0.25, -0.2) is 4.79 Å². The highest BCUT2D eigenvalue weighted by Gasteiger charge is 2.28. The molecule has 0 saturated carbocycles. The number of guanidine groups is 1. The third-order valence-corrected chi connectivity index (χ3v) is 4.75. The van der Waals surface area contributed by atoms with Crippen LogP contribution in [0, 0.1) is 0 Å². The zero-order valence-corrected chi connectivity index (χ0v) is 22.1. The van der Waals surface area contributed by atoms with Gasteiger partial charge in [-0.3, -0.25) is 4.99 Å². The van der Waals surface area contributed by atoms with Crippen molar-refractivity contribution < 1.29 is 24.1 Å². The third-order valence-electron chi connectivity index (χ3n) is 4.75. The van der Waals surface area contributed by atoms with E-state index in [1.807, 2.05) is 27.7 Å². The van der Waals surface area contributed by atoms with E-state index in [1.165, 1.54) is 0 Å². The molecule has 0 bridgehead atoms. The Hall–Kier alpha value is -1.95. The van der Waals surface area contributed by atoms with Crippen LogP contribution < -0.4 is 20.1 Å². The van der Waals surface area contributed by atoms with Crippen molar-refractivity contribution in [2.45, 2.75) is 51.9 Å². The number of ether oxygens (including phenoxy) is 3. The summed E-state index contributed by atoms with van der Waals surface area (Å²) in [6.07, 6.45) is -0.477. The topological polar surface area (TPSA) is 105 Å². The molecule has 3 N–H and O–H groups in total. The number of benzene rings is 1. The second-order valence-corrected chi connectivity index (χ2v) is 8.40. The average molecular weight is 564 g/mol. The monoisotopic (exact) mass is 564 g/mol. The quantitative estimate of drug-likeness (QED) is 0.266. The number of carbonyl (C=O) groups excluding carboxylic acids is 1. The van der Waals surface area contributed by atoms with Crippen molar-refractivity contribution in [3.63, 3.8) is 0 Å². The van der Waals surface area contributed by atoms with Gasteiger partial charge < -0.3 is 34.9 Å². The van der Waals surface area contributed by atoms with Crippen LogP contribution in [0.1, 0.15) is 45.8 Å².